The largest absolute Gasteiger partial charge is 0.366 e. The van der Waals surface area contributed by atoms with Gasteiger partial charge in [-0.1, -0.05) is 12.1 Å². The lowest BCUT2D eigenvalue weighted by Gasteiger charge is -2.08. The first-order chi connectivity index (χ1) is 9.21. The topological polar surface area (TPSA) is 73.6 Å². The van der Waals surface area contributed by atoms with Gasteiger partial charge in [0.2, 0.25) is 5.95 Å². The standard InChI is InChI=1S/C14H15N5/c1-10-7-13(19-14(16-2)18-10)17-9-12-5-3-11(8-15)4-6-12/h3-7H,9H2,1-2H3,(H2,16,17,18,19). The molecule has 1 aromatic carbocycles. The molecule has 0 aliphatic heterocycles. The summed E-state index contributed by atoms with van der Waals surface area (Å²) < 4.78 is 0. The van der Waals surface area contributed by atoms with E-state index in [4.69, 9.17) is 5.26 Å². The summed E-state index contributed by atoms with van der Waals surface area (Å²) >= 11 is 0. The molecule has 0 atom stereocenters. The maximum Gasteiger partial charge on any atom is 0.224 e. The molecule has 2 aromatic rings. The number of aryl methyl sites for hydroxylation is 1. The monoisotopic (exact) mass is 253 g/mol. The van der Waals surface area contributed by atoms with Crippen LogP contribution in [0.1, 0.15) is 16.8 Å². The summed E-state index contributed by atoms with van der Waals surface area (Å²) in [6.07, 6.45) is 0. The van der Waals surface area contributed by atoms with Crippen LogP contribution in [-0.4, -0.2) is 17.0 Å². The van der Waals surface area contributed by atoms with E-state index >= 15 is 0 Å². The number of hydrogen-bond donors (Lipinski definition) is 2. The van der Waals surface area contributed by atoms with Crippen LogP contribution in [-0.2, 0) is 6.54 Å². The normalized spacial score (nSPS) is 9.74. The minimum atomic E-state index is 0.599. The SMILES string of the molecule is CNc1nc(C)cc(NCc2ccc(C#N)cc2)n1. The van der Waals surface area contributed by atoms with Crippen molar-refractivity contribution in [1.82, 2.24) is 9.97 Å². The van der Waals surface area contributed by atoms with Gasteiger partial charge in [0, 0.05) is 25.4 Å². The molecule has 5 nitrogen and oxygen atoms in total. The van der Waals surface area contributed by atoms with E-state index in [-0.39, 0.29) is 0 Å². The van der Waals surface area contributed by atoms with Gasteiger partial charge >= 0.3 is 0 Å². The Labute approximate surface area is 112 Å². The number of nitrogens with zero attached hydrogens (tertiary/aromatic N) is 3. The number of aromatic nitrogens is 2. The average molecular weight is 253 g/mol. The first-order valence-corrected chi connectivity index (χ1v) is 5.97. The third-order valence-corrected chi connectivity index (χ3v) is 2.63. The molecule has 0 fully saturated rings. The first kappa shape index (κ1) is 12.8. The molecule has 0 unspecified atom stereocenters. The first-order valence-electron chi connectivity index (χ1n) is 5.97. The zero-order chi connectivity index (χ0) is 13.7. The highest BCUT2D eigenvalue weighted by atomic mass is 15.1. The predicted molar refractivity (Wildman–Crippen MR) is 74.8 cm³/mol. The number of rotatable bonds is 4. The lowest BCUT2D eigenvalue weighted by Crippen LogP contribution is -2.05. The van der Waals surface area contributed by atoms with Crippen LogP contribution in [0.5, 0.6) is 0 Å². The molecule has 0 aliphatic rings. The average Bonchev–Trinajstić information content (AvgIpc) is 2.45. The highest BCUT2D eigenvalue weighted by Gasteiger charge is 2.00. The van der Waals surface area contributed by atoms with Crippen molar-refractivity contribution in [1.29, 1.82) is 5.26 Å². The van der Waals surface area contributed by atoms with Crippen LogP contribution in [0, 0.1) is 18.3 Å². The van der Waals surface area contributed by atoms with Crippen LogP contribution in [0.15, 0.2) is 30.3 Å². The molecule has 2 rings (SSSR count). The Morgan fingerprint density at radius 3 is 2.58 bits per heavy atom. The summed E-state index contributed by atoms with van der Waals surface area (Å²) in [6.45, 7) is 2.58. The molecule has 0 bridgehead atoms. The van der Waals surface area contributed by atoms with Gasteiger partial charge in [-0.15, -0.1) is 0 Å². The maximum absolute atomic E-state index is 8.74. The Kier molecular flexibility index (Phi) is 3.94. The Hall–Kier alpha value is -2.61. The molecule has 0 radical (unpaired) electrons. The predicted octanol–water partition coefficient (Wildman–Crippen LogP) is 2.31. The Morgan fingerprint density at radius 2 is 1.95 bits per heavy atom. The van der Waals surface area contributed by atoms with Crippen molar-refractivity contribution >= 4 is 11.8 Å². The molecule has 1 aromatic heterocycles. The molecule has 5 heteroatoms. The summed E-state index contributed by atoms with van der Waals surface area (Å²) in [5.74, 6) is 1.38. The minimum absolute atomic E-state index is 0.599. The fourth-order valence-electron chi connectivity index (χ4n) is 1.66. The molecule has 0 spiro atoms. The smallest absolute Gasteiger partial charge is 0.224 e. The number of nitrogens with one attached hydrogen (secondary N) is 2. The van der Waals surface area contributed by atoms with Crippen molar-refractivity contribution in [3.8, 4) is 6.07 Å². The minimum Gasteiger partial charge on any atom is -0.366 e. The molecular formula is C14H15N5. The second kappa shape index (κ2) is 5.83. The molecule has 2 N–H and O–H groups in total. The number of anilines is 2. The molecule has 0 aliphatic carbocycles. The fraction of sp³-hybridized carbons (Fsp3) is 0.214. The van der Waals surface area contributed by atoms with Crippen LogP contribution >= 0.6 is 0 Å². The third kappa shape index (κ3) is 3.42. The third-order valence-electron chi connectivity index (χ3n) is 2.63. The van der Waals surface area contributed by atoms with Gasteiger partial charge in [-0.3, -0.25) is 0 Å². The van der Waals surface area contributed by atoms with Crippen molar-refractivity contribution in [2.75, 3.05) is 17.7 Å². The number of hydrogen-bond acceptors (Lipinski definition) is 5. The molecular weight excluding hydrogens is 238 g/mol. The van der Waals surface area contributed by atoms with Gasteiger partial charge in [0.25, 0.3) is 0 Å². The second-order valence-electron chi connectivity index (χ2n) is 4.13. The van der Waals surface area contributed by atoms with Gasteiger partial charge in [0.1, 0.15) is 5.82 Å². The van der Waals surface area contributed by atoms with E-state index in [1.54, 1.807) is 19.2 Å². The van der Waals surface area contributed by atoms with Crippen LogP contribution in [0.25, 0.3) is 0 Å². The van der Waals surface area contributed by atoms with E-state index in [0.29, 0.717) is 18.1 Å². The highest BCUT2D eigenvalue weighted by Crippen LogP contribution is 2.11. The van der Waals surface area contributed by atoms with E-state index in [1.807, 2.05) is 25.1 Å². The summed E-state index contributed by atoms with van der Waals surface area (Å²) in [4.78, 5) is 8.55. The van der Waals surface area contributed by atoms with E-state index in [2.05, 4.69) is 26.7 Å². The summed E-state index contributed by atoms with van der Waals surface area (Å²) in [6, 6.07) is 11.5. The summed E-state index contributed by atoms with van der Waals surface area (Å²) in [5.41, 5.74) is 2.67. The van der Waals surface area contributed by atoms with Crippen LogP contribution in [0.2, 0.25) is 0 Å². The lowest BCUT2D eigenvalue weighted by atomic mass is 10.1. The molecule has 1 heterocycles. The van der Waals surface area contributed by atoms with Gasteiger partial charge < -0.3 is 10.6 Å². The van der Waals surface area contributed by atoms with Crippen LogP contribution < -0.4 is 10.6 Å². The molecule has 0 amide bonds. The quantitative estimate of drug-likeness (QED) is 0.874. The number of benzene rings is 1. The maximum atomic E-state index is 8.74. The fourth-order valence-corrected chi connectivity index (χ4v) is 1.66. The summed E-state index contributed by atoms with van der Waals surface area (Å²) in [5, 5.41) is 14.9. The van der Waals surface area contributed by atoms with Crippen molar-refractivity contribution in [2.24, 2.45) is 0 Å². The molecule has 0 saturated heterocycles. The molecule has 96 valence electrons. The van der Waals surface area contributed by atoms with E-state index in [0.717, 1.165) is 17.1 Å². The zero-order valence-electron chi connectivity index (χ0n) is 10.9. The Bertz CT molecular complexity index is 598. The number of nitriles is 1. The summed E-state index contributed by atoms with van der Waals surface area (Å²) in [7, 11) is 1.79. The molecule has 0 saturated carbocycles. The zero-order valence-corrected chi connectivity index (χ0v) is 10.9. The van der Waals surface area contributed by atoms with Crippen LogP contribution in [0.4, 0.5) is 11.8 Å². The highest BCUT2D eigenvalue weighted by molar-refractivity contribution is 5.42. The van der Waals surface area contributed by atoms with Crippen molar-refractivity contribution in [3.05, 3.63) is 47.2 Å². The van der Waals surface area contributed by atoms with Gasteiger partial charge in [0.15, 0.2) is 0 Å². The van der Waals surface area contributed by atoms with E-state index in [9.17, 15) is 0 Å². The van der Waals surface area contributed by atoms with Crippen molar-refractivity contribution in [2.45, 2.75) is 13.5 Å². The molecule has 19 heavy (non-hydrogen) atoms. The Morgan fingerprint density at radius 1 is 1.21 bits per heavy atom. The lowest BCUT2D eigenvalue weighted by molar-refractivity contribution is 1.05. The van der Waals surface area contributed by atoms with E-state index in [1.165, 1.54) is 0 Å². The van der Waals surface area contributed by atoms with Gasteiger partial charge in [-0.2, -0.15) is 10.2 Å². The van der Waals surface area contributed by atoms with Gasteiger partial charge in [-0.25, -0.2) is 4.98 Å². The van der Waals surface area contributed by atoms with E-state index < -0.39 is 0 Å². The Balaban J connectivity index is 2.05. The second-order valence-corrected chi connectivity index (χ2v) is 4.13. The van der Waals surface area contributed by atoms with Crippen molar-refractivity contribution in [3.63, 3.8) is 0 Å². The van der Waals surface area contributed by atoms with Gasteiger partial charge in [0.05, 0.1) is 11.6 Å². The van der Waals surface area contributed by atoms with Crippen molar-refractivity contribution < 1.29 is 0 Å². The van der Waals surface area contributed by atoms with Gasteiger partial charge in [-0.05, 0) is 24.6 Å². The van der Waals surface area contributed by atoms with Crippen LogP contribution in [0.3, 0.4) is 0 Å².